The molecular weight excluding hydrogens is 160 g/mol. The van der Waals surface area contributed by atoms with Gasteiger partial charge in [0.15, 0.2) is 0 Å². The van der Waals surface area contributed by atoms with Gasteiger partial charge in [0, 0.05) is 0 Å². The van der Waals surface area contributed by atoms with Crippen molar-refractivity contribution >= 4 is 0 Å². The van der Waals surface area contributed by atoms with Crippen molar-refractivity contribution in [3.8, 4) is 0 Å². The van der Waals surface area contributed by atoms with Crippen LogP contribution >= 0.6 is 0 Å². The Morgan fingerprint density at radius 3 is 2.85 bits per heavy atom. The number of hydrogen-bond donors (Lipinski definition) is 1. The second-order valence-corrected chi connectivity index (χ2v) is 5.80. The first-order chi connectivity index (χ1) is 6.15. The summed E-state index contributed by atoms with van der Waals surface area (Å²) in [6.45, 7) is 4.78. The average Bonchev–Trinajstić information content (AvgIpc) is 2.53. The lowest BCUT2D eigenvalue weighted by atomic mass is 9.47. The lowest BCUT2D eigenvalue weighted by Crippen LogP contribution is -2.54. The average molecular weight is 180 g/mol. The van der Waals surface area contributed by atoms with Crippen molar-refractivity contribution in [1.82, 2.24) is 0 Å². The molecule has 0 heterocycles. The second-order valence-electron chi connectivity index (χ2n) is 5.80. The molecule has 1 nitrogen and oxygen atoms in total. The predicted molar refractivity (Wildman–Crippen MR) is 52.2 cm³/mol. The molecule has 1 N–H and O–H groups in total. The first kappa shape index (κ1) is 8.28. The Hall–Kier alpha value is -0.0400. The van der Waals surface area contributed by atoms with E-state index in [-0.39, 0.29) is 6.10 Å². The number of rotatable bonds is 0. The maximum atomic E-state index is 10.0. The molecule has 3 aliphatic carbocycles. The molecule has 0 bridgehead atoms. The zero-order valence-electron chi connectivity index (χ0n) is 8.66. The molecule has 1 heteroatoms. The molecule has 3 rings (SSSR count). The van der Waals surface area contributed by atoms with E-state index < -0.39 is 0 Å². The van der Waals surface area contributed by atoms with Crippen LogP contribution in [0.25, 0.3) is 0 Å². The molecule has 0 radical (unpaired) electrons. The van der Waals surface area contributed by atoms with E-state index in [4.69, 9.17) is 0 Å². The molecule has 3 fully saturated rings. The summed E-state index contributed by atoms with van der Waals surface area (Å²) in [5, 5.41) is 10.0. The van der Waals surface area contributed by atoms with Crippen LogP contribution in [0.5, 0.6) is 0 Å². The van der Waals surface area contributed by atoms with E-state index in [1.54, 1.807) is 0 Å². The first-order valence-corrected chi connectivity index (χ1v) is 5.83. The zero-order chi connectivity index (χ0) is 9.22. The number of aliphatic hydroxyl groups excluding tert-OH is 1. The third kappa shape index (κ3) is 0.743. The molecule has 0 aromatic rings. The van der Waals surface area contributed by atoms with Gasteiger partial charge in [0.05, 0.1) is 6.10 Å². The van der Waals surface area contributed by atoms with Gasteiger partial charge in [0.25, 0.3) is 0 Å². The van der Waals surface area contributed by atoms with E-state index in [2.05, 4.69) is 13.8 Å². The number of hydrogen-bond acceptors (Lipinski definition) is 1. The standard InChI is InChI=1S/C12H20O/c1-7-6-10(13)11-8-4-3-5-9(8)12(7,11)2/h7-11,13H,3-6H2,1-2H3. The largest absolute Gasteiger partial charge is 0.393 e. The van der Waals surface area contributed by atoms with E-state index in [9.17, 15) is 5.11 Å². The second kappa shape index (κ2) is 2.31. The van der Waals surface area contributed by atoms with Crippen LogP contribution in [0.1, 0.15) is 39.5 Å². The Morgan fingerprint density at radius 2 is 2.08 bits per heavy atom. The van der Waals surface area contributed by atoms with E-state index in [1.165, 1.54) is 19.3 Å². The van der Waals surface area contributed by atoms with Crippen molar-refractivity contribution in [2.24, 2.45) is 29.1 Å². The smallest absolute Gasteiger partial charge is 0.0579 e. The van der Waals surface area contributed by atoms with E-state index in [1.807, 2.05) is 0 Å². The fourth-order valence-electron chi connectivity index (χ4n) is 4.94. The molecular formula is C12H20O. The third-order valence-corrected chi connectivity index (χ3v) is 5.62. The molecule has 0 aliphatic heterocycles. The van der Waals surface area contributed by atoms with Crippen molar-refractivity contribution in [1.29, 1.82) is 0 Å². The minimum Gasteiger partial charge on any atom is -0.393 e. The highest BCUT2D eigenvalue weighted by Gasteiger charge is 2.67. The molecule has 0 aromatic heterocycles. The van der Waals surface area contributed by atoms with Crippen LogP contribution in [0.2, 0.25) is 0 Å². The van der Waals surface area contributed by atoms with Gasteiger partial charge in [-0.15, -0.1) is 0 Å². The van der Waals surface area contributed by atoms with Crippen molar-refractivity contribution in [3.63, 3.8) is 0 Å². The Morgan fingerprint density at radius 1 is 1.31 bits per heavy atom. The van der Waals surface area contributed by atoms with Crippen LogP contribution in [-0.4, -0.2) is 11.2 Å². The van der Waals surface area contributed by atoms with Gasteiger partial charge in [-0.25, -0.2) is 0 Å². The van der Waals surface area contributed by atoms with Gasteiger partial charge in [-0.05, 0) is 48.3 Å². The summed E-state index contributed by atoms with van der Waals surface area (Å²) in [4.78, 5) is 0. The Balaban J connectivity index is 1.95. The summed E-state index contributed by atoms with van der Waals surface area (Å²) in [6.07, 6.45) is 5.35. The summed E-state index contributed by atoms with van der Waals surface area (Å²) in [7, 11) is 0. The quantitative estimate of drug-likeness (QED) is 0.607. The topological polar surface area (TPSA) is 20.2 Å². The molecule has 0 aromatic carbocycles. The van der Waals surface area contributed by atoms with Gasteiger partial charge in [-0.1, -0.05) is 20.3 Å². The van der Waals surface area contributed by atoms with Gasteiger partial charge < -0.3 is 5.11 Å². The van der Waals surface area contributed by atoms with Gasteiger partial charge in [-0.2, -0.15) is 0 Å². The minimum atomic E-state index is 0.0272. The number of fused-ring (bicyclic) bond motifs is 4. The molecule has 0 spiro atoms. The van der Waals surface area contributed by atoms with E-state index in [0.717, 1.165) is 24.2 Å². The molecule has 74 valence electrons. The molecule has 0 saturated heterocycles. The highest BCUT2D eigenvalue weighted by molar-refractivity contribution is 5.15. The normalized spacial score (nSPS) is 64.4. The van der Waals surface area contributed by atoms with Crippen LogP contribution in [0.15, 0.2) is 0 Å². The monoisotopic (exact) mass is 180 g/mol. The molecule has 3 aliphatic rings. The summed E-state index contributed by atoms with van der Waals surface area (Å²) in [6, 6.07) is 0. The Labute approximate surface area is 80.5 Å². The molecule has 13 heavy (non-hydrogen) atoms. The zero-order valence-corrected chi connectivity index (χ0v) is 8.66. The third-order valence-electron chi connectivity index (χ3n) is 5.62. The maximum Gasteiger partial charge on any atom is 0.0579 e. The number of aliphatic hydroxyl groups is 1. The van der Waals surface area contributed by atoms with Crippen molar-refractivity contribution < 1.29 is 5.11 Å². The first-order valence-electron chi connectivity index (χ1n) is 5.83. The van der Waals surface area contributed by atoms with Crippen molar-refractivity contribution in [2.75, 3.05) is 0 Å². The Bertz CT molecular complexity index is 237. The van der Waals surface area contributed by atoms with Crippen molar-refractivity contribution in [2.45, 2.75) is 45.6 Å². The Kier molecular flexibility index (Phi) is 1.47. The fraction of sp³-hybridized carbons (Fsp3) is 1.00. The van der Waals surface area contributed by atoms with Crippen molar-refractivity contribution in [3.05, 3.63) is 0 Å². The summed E-state index contributed by atoms with van der Waals surface area (Å²) < 4.78 is 0. The van der Waals surface area contributed by atoms with Crippen LogP contribution in [0, 0.1) is 29.1 Å². The maximum absolute atomic E-state index is 10.0. The fourth-order valence-corrected chi connectivity index (χ4v) is 4.94. The minimum absolute atomic E-state index is 0.0272. The van der Waals surface area contributed by atoms with Gasteiger partial charge in [0.2, 0.25) is 0 Å². The summed E-state index contributed by atoms with van der Waals surface area (Å²) >= 11 is 0. The lowest BCUT2D eigenvalue weighted by molar-refractivity contribution is -0.122. The highest BCUT2D eigenvalue weighted by Crippen LogP contribution is 2.71. The van der Waals surface area contributed by atoms with E-state index >= 15 is 0 Å². The van der Waals surface area contributed by atoms with Crippen LogP contribution in [0.3, 0.4) is 0 Å². The van der Waals surface area contributed by atoms with Crippen LogP contribution in [-0.2, 0) is 0 Å². The summed E-state index contributed by atoms with van der Waals surface area (Å²) in [5.74, 6) is 3.27. The van der Waals surface area contributed by atoms with Gasteiger partial charge in [-0.3, -0.25) is 0 Å². The predicted octanol–water partition coefficient (Wildman–Crippen LogP) is 2.44. The van der Waals surface area contributed by atoms with E-state index in [0.29, 0.717) is 11.3 Å². The molecule has 0 amide bonds. The van der Waals surface area contributed by atoms with Gasteiger partial charge in [0.1, 0.15) is 0 Å². The SMILES string of the molecule is CC1CC(O)C2C3CCCC3C12C. The highest BCUT2D eigenvalue weighted by atomic mass is 16.3. The van der Waals surface area contributed by atoms with Gasteiger partial charge >= 0.3 is 0 Å². The lowest BCUT2D eigenvalue weighted by Gasteiger charge is -2.57. The molecule has 6 unspecified atom stereocenters. The summed E-state index contributed by atoms with van der Waals surface area (Å²) in [5.41, 5.74) is 0.514. The van der Waals surface area contributed by atoms with Crippen LogP contribution < -0.4 is 0 Å². The molecule has 3 saturated carbocycles. The molecule has 6 atom stereocenters. The van der Waals surface area contributed by atoms with Crippen LogP contribution in [0.4, 0.5) is 0 Å².